The third-order valence-corrected chi connectivity index (χ3v) is 6.28. The summed E-state index contributed by atoms with van der Waals surface area (Å²) in [5, 5.41) is 5.71. The number of hydrogen-bond acceptors (Lipinski definition) is 6. The van der Waals surface area contributed by atoms with Crippen molar-refractivity contribution < 1.29 is 19.2 Å². The highest BCUT2D eigenvalue weighted by molar-refractivity contribution is 6.23. The zero-order valence-corrected chi connectivity index (χ0v) is 17.4. The maximum absolute atomic E-state index is 13.0. The van der Waals surface area contributed by atoms with Crippen molar-refractivity contribution >= 4 is 23.6 Å². The monoisotopic (exact) mass is 412 g/mol. The number of benzene rings is 1. The lowest BCUT2D eigenvalue weighted by Gasteiger charge is -2.32. The number of nitrogens with one attached hydrogen (secondary N) is 2. The highest BCUT2D eigenvalue weighted by Gasteiger charge is 2.44. The topological polar surface area (TPSA) is 98.8 Å². The third-order valence-electron chi connectivity index (χ3n) is 6.28. The van der Waals surface area contributed by atoms with Gasteiger partial charge in [0.1, 0.15) is 6.04 Å². The maximum Gasteiger partial charge on any atom is 0.262 e. The average Bonchev–Trinajstić information content (AvgIpc) is 2.86. The van der Waals surface area contributed by atoms with E-state index in [4.69, 9.17) is 0 Å². The van der Waals surface area contributed by atoms with Gasteiger partial charge in [-0.15, -0.1) is 0 Å². The first-order valence-corrected chi connectivity index (χ1v) is 10.7. The van der Waals surface area contributed by atoms with E-state index in [0.717, 1.165) is 36.5 Å². The average molecular weight is 412 g/mol. The number of rotatable bonds is 4. The number of carbonyl (C=O) groups excluding carboxylic acids is 4. The second-order valence-electron chi connectivity index (χ2n) is 8.67. The minimum Gasteiger partial charge on any atom is -0.315 e. The van der Waals surface area contributed by atoms with Crippen molar-refractivity contribution in [1.82, 2.24) is 20.4 Å². The van der Waals surface area contributed by atoms with Crippen LogP contribution in [0.1, 0.15) is 59.4 Å². The van der Waals surface area contributed by atoms with Crippen LogP contribution < -0.4 is 10.6 Å². The second-order valence-corrected chi connectivity index (χ2v) is 8.67. The van der Waals surface area contributed by atoms with Crippen LogP contribution in [-0.4, -0.2) is 65.1 Å². The molecule has 4 amide bonds. The molecule has 160 valence electrons. The molecule has 0 radical (unpaired) electrons. The minimum absolute atomic E-state index is 0.120. The van der Waals surface area contributed by atoms with Crippen molar-refractivity contribution in [3.8, 4) is 0 Å². The largest absolute Gasteiger partial charge is 0.315 e. The fourth-order valence-electron chi connectivity index (χ4n) is 4.66. The molecule has 0 spiro atoms. The van der Waals surface area contributed by atoms with Crippen LogP contribution in [0.3, 0.4) is 0 Å². The Morgan fingerprint density at radius 1 is 1.10 bits per heavy atom. The quantitative estimate of drug-likeness (QED) is 0.714. The number of fused-ring (bicyclic) bond motifs is 1. The van der Waals surface area contributed by atoms with Crippen molar-refractivity contribution in [2.24, 2.45) is 5.92 Å². The van der Waals surface area contributed by atoms with Gasteiger partial charge in [-0.1, -0.05) is 19.9 Å². The van der Waals surface area contributed by atoms with Gasteiger partial charge in [-0.3, -0.25) is 34.3 Å². The van der Waals surface area contributed by atoms with Gasteiger partial charge in [0.05, 0.1) is 11.1 Å². The fraction of sp³-hybridized carbons (Fsp3) is 0.545. The van der Waals surface area contributed by atoms with E-state index in [0.29, 0.717) is 29.6 Å². The van der Waals surface area contributed by atoms with Gasteiger partial charge in [-0.2, -0.15) is 0 Å². The van der Waals surface area contributed by atoms with E-state index >= 15 is 0 Å². The van der Waals surface area contributed by atoms with Crippen LogP contribution in [0.25, 0.3) is 0 Å². The number of nitrogens with zero attached hydrogens (tertiary/aromatic N) is 2. The molecular weight excluding hydrogens is 384 g/mol. The first-order valence-electron chi connectivity index (χ1n) is 10.7. The van der Waals surface area contributed by atoms with Crippen LogP contribution in [-0.2, 0) is 16.1 Å². The normalized spacial score (nSPS) is 25.5. The van der Waals surface area contributed by atoms with Gasteiger partial charge in [0.2, 0.25) is 11.8 Å². The Morgan fingerprint density at radius 3 is 2.60 bits per heavy atom. The second kappa shape index (κ2) is 8.28. The first kappa shape index (κ1) is 20.7. The molecule has 2 fully saturated rings. The van der Waals surface area contributed by atoms with E-state index in [-0.39, 0.29) is 18.7 Å². The lowest BCUT2D eigenvalue weighted by Crippen LogP contribution is -2.54. The van der Waals surface area contributed by atoms with E-state index in [1.165, 1.54) is 0 Å². The Balaban J connectivity index is 1.56. The lowest BCUT2D eigenvalue weighted by atomic mass is 10.0. The van der Waals surface area contributed by atoms with Gasteiger partial charge >= 0.3 is 0 Å². The zero-order valence-electron chi connectivity index (χ0n) is 17.4. The summed E-state index contributed by atoms with van der Waals surface area (Å²) < 4.78 is 0. The summed E-state index contributed by atoms with van der Waals surface area (Å²) in [4.78, 5) is 52.9. The van der Waals surface area contributed by atoms with E-state index in [1.807, 2.05) is 6.07 Å². The number of hydrogen-bond donors (Lipinski definition) is 2. The Kier molecular flexibility index (Phi) is 5.71. The molecule has 0 saturated carbocycles. The summed E-state index contributed by atoms with van der Waals surface area (Å²) in [6, 6.07) is 4.85. The molecule has 2 saturated heterocycles. The lowest BCUT2D eigenvalue weighted by molar-refractivity contribution is -0.136. The number of imide groups is 2. The number of amides is 4. The molecule has 4 rings (SSSR count). The van der Waals surface area contributed by atoms with Crippen molar-refractivity contribution in [2.75, 3.05) is 19.6 Å². The Bertz CT molecular complexity index is 897. The maximum atomic E-state index is 13.0. The van der Waals surface area contributed by atoms with Crippen LogP contribution in [0.4, 0.5) is 0 Å². The molecule has 3 aliphatic heterocycles. The molecule has 0 bridgehead atoms. The highest BCUT2D eigenvalue weighted by atomic mass is 16.2. The number of piperidine rings is 1. The van der Waals surface area contributed by atoms with Crippen molar-refractivity contribution in [3.05, 3.63) is 34.9 Å². The molecule has 2 N–H and O–H groups in total. The van der Waals surface area contributed by atoms with Gasteiger partial charge < -0.3 is 5.32 Å². The SMILES string of the molecule is CC(C)C1CNCCCN1Cc1ccc2c(c1)C(=O)N(C1CCC(=O)NC1=O)C2=O. The van der Waals surface area contributed by atoms with E-state index < -0.39 is 23.8 Å². The smallest absolute Gasteiger partial charge is 0.262 e. The van der Waals surface area contributed by atoms with E-state index in [1.54, 1.807) is 12.1 Å². The molecule has 8 nitrogen and oxygen atoms in total. The van der Waals surface area contributed by atoms with Gasteiger partial charge in [-0.25, -0.2) is 0 Å². The summed E-state index contributed by atoms with van der Waals surface area (Å²) >= 11 is 0. The highest BCUT2D eigenvalue weighted by Crippen LogP contribution is 2.29. The fourth-order valence-corrected chi connectivity index (χ4v) is 4.66. The van der Waals surface area contributed by atoms with Crippen LogP contribution in [0, 0.1) is 5.92 Å². The molecule has 0 aliphatic carbocycles. The van der Waals surface area contributed by atoms with Crippen molar-refractivity contribution in [1.29, 1.82) is 0 Å². The minimum atomic E-state index is -0.930. The van der Waals surface area contributed by atoms with Crippen LogP contribution in [0.15, 0.2) is 18.2 Å². The Labute approximate surface area is 176 Å². The van der Waals surface area contributed by atoms with E-state index in [2.05, 4.69) is 29.4 Å². The zero-order chi connectivity index (χ0) is 21.4. The van der Waals surface area contributed by atoms with Gasteiger partial charge in [0.25, 0.3) is 11.8 Å². The molecule has 0 aromatic heterocycles. The summed E-state index contributed by atoms with van der Waals surface area (Å²) in [6.45, 7) is 8.04. The predicted molar refractivity (Wildman–Crippen MR) is 110 cm³/mol. The molecule has 2 unspecified atom stereocenters. The van der Waals surface area contributed by atoms with Gasteiger partial charge in [-0.05, 0) is 43.0 Å². The molecule has 8 heteroatoms. The summed E-state index contributed by atoms with van der Waals surface area (Å²) in [5.74, 6) is -1.38. The molecular formula is C22H28N4O4. The first-order chi connectivity index (χ1) is 14.4. The summed E-state index contributed by atoms with van der Waals surface area (Å²) in [5.41, 5.74) is 1.65. The third kappa shape index (κ3) is 3.77. The Hall–Kier alpha value is -2.58. The van der Waals surface area contributed by atoms with Crippen LogP contribution in [0.5, 0.6) is 0 Å². The van der Waals surface area contributed by atoms with Crippen LogP contribution >= 0.6 is 0 Å². The van der Waals surface area contributed by atoms with Crippen LogP contribution in [0.2, 0.25) is 0 Å². The van der Waals surface area contributed by atoms with Gasteiger partial charge in [0, 0.05) is 32.1 Å². The molecule has 1 aromatic carbocycles. The molecule has 2 atom stereocenters. The molecule has 3 aliphatic rings. The summed E-state index contributed by atoms with van der Waals surface area (Å²) in [6.07, 6.45) is 1.35. The molecule has 3 heterocycles. The summed E-state index contributed by atoms with van der Waals surface area (Å²) in [7, 11) is 0. The Morgan fingerprint density at radius 2 is 1.87 bits per heavy atom. The molecule has 1 aromatic rings. The van der Waals surface area contributed by atoms with Gasteiger partial charge in [0.15, 0.2) is 0 Å². The number of carbonyl (C=O) groups is 4. The van der Waals surface area contributed by atoms with E-state index in [9.17, 15) is 19.2 Å². The standard InChI is InChI=1S/C22H28N4O4/c1-13(2)18-11-23-8-3-9-25(18)12-14-4-5-15-16(10-14)22(30)26(21(15)29)17-6-7-19(27)24-20(17)28/h4-5,10,13,17-18,23H,3,6-9,11-12H2,1-2H3,(H,24,27,28). The van der Waals surface area contributed by atoms with Crippen molar-refractivity contribution in [2.45, 2.75) is 51.7 Å². The molecule has 30 heavy (non-hydrogen) atoms. The predicted octanol–water partition coefficient (Wildman–Crippen LogP) is 0.908. The van der Waals surface area contributed by atoms with Crippen molar-refractivity contribution in [3.63, 3.8) is 0 Å².